The summed E-state index contributed by atoms with van der Waals surface area (Å²) in [5, 5.41) is 18.1. The van der Waals surface area contributed by atoms with Gasteiger partial charge in [0.15, 0.2) is 0 Å². The third-order valence-corrected chi connectivity index (χ3v) is 3.12. The molecular formula is C9H10N2OS. The van der Waals surface area contributed by atoms with Crippen LogP contribution in [0.4, 0.5) is 0 Å². The van der Waals surface area contributed by atoms with E-state index in [1.165, 1.54) is 24.2 Å². The predicted molar refractivity (Wildman–Crippen MR) is 49.3 cm³/mol. The monoisotopic (exact) mass is 194 g/mol. The van der Waals surface area contributed by atoms with Gasteiger partial charge in [-0.25, -0.2) is 4.98 Å². The van der Waals surface area contributed by atoms with Gasteiger partial charge in [-0.1, -0.05) is 0 Å². The number of rotatable bonds is 3. The van der Waals surface area contributed by atoms with E-state index in [9.17, 15) is 5.11 Å². The molecule has 0 amide bonds. The molecule has 0 saturated heterocycles. The van der Waals surface area contributed by atoms with Crippen LogP contribution in [-0.2, 0) is 0 Å². The quantitative estimate of drug-likeness (QED) is 0.800. The SMILES string of the molecule is N#CCC(O)c1scnc1C1CC1. The lowest BCUT2D eigenvalue weighted by molar-refractivity contribution is 0.186. The molecule has 0 aliphatic heterocycles. The fraction of sp³-hybridized carbons (Fsp3) is 0.556. The van der Waals surface area contributed by atoms with Crippen LogP contribution in [0.2, 0.25) is 0 Å². The van der Waals surface area contributed by atoms with Crippen LogP contribution in [0.25, 0.3) is 0 Å². The number of aliphatic hydroxyl groups excluding tert-OH is 1. The summed E-state index contributed by atoms with van der Waals surface area (Å²) >= 11 is 1.45. The number of aromatic nitrogens is 1. The molecule has 13 heavy (non-hydrogen) atoms. The maximum absolute atomic E-state index is 9.61. The topological polar surface area (TPSA) is 56.9 Å². The zero-order valence-corrected chi connectivity index (χ0v) is 7.92. The van der Waals surface area contributed by atoms with Gasteiger partial charge >= 0.3 is 0 Å². The minimum atomic E-state index is -0.631. The lowest BCUT2D eigenvalue weighted by Gasteiger charge is -2.04. The Morgan fingerprint density at radius 3 is 3.15 bits per heavy atom. The standard InChI is InChI=1S/C9H10N2OS/c10-4-3-7(12)9-8(6-1-2-6)11-5-13-9/h5-7,12H,1-3H2. The zero-order valence-electron chi connectivity index (χ0n) is 7.10. The van der Waals surface area contributed by atoms with Gasteiger partial charge in [0.2, 0.25) is 0 Å². The molecule has 1 heterocycles. The molecule has 1 fully saturated rings. The molecule has 1 aromatic rings. The highest BCUT2D eigenvalue weighted by atomic mass is 32.1. The zero-order chi connectivity index (χ0) is 9.26. The van der Waals surface area contributed by atoms with Crippen LogP contribution in [0, 0.1) is 11.3 Å². The highest BCUT2D eigenvalue weighted by Gasteiger charge is 2.30. The van der Waals surface area contributed by atoms with Crippen molar-refractivity contribution in [2.45, 2.75) is 31.3 Å². The van der Waals surface area contributed by atoms with Crippen LogP contribution < -0.4 is 0 Å². The fourth-order valence-electron chi connectivity index (χ4n) is 1.36. The van der Waals surface area contributed by atoms with E-state index < -0.39 is 6.10 Å². The number of nitriles is 1. The van der Waals surface area contributed by atoms with Gasteiger partial charge in [-0.3, -0.25) is 0 Å². The van der Waals surface area contributed by atoms with Crippen molar-refractivity contribution < 1.29 is 5.11 Å². The molecule has 1 N–H and O–H groups in total. The molecule has 1 aliphatic carbocycles. The summed E-state index contributed by atoms with van der Waals surface area (Å²) < 4.78 is 0. The van der Waals surface area contributed by atoms with E-state index in [1.54, 1.807) is 5.51 Å². The van der Waals surface area contributed by atoms with Gasteiger partial charge in [0, 0.05) is 5.92 Å². The van der Waals surface area contributed by atoms with E-state index >= 15 is 0 Å². The maximum Gasteiger partial charge on any atom is 0.103 e. The third kappa shape index (κ3) is 1.71. The van der Waals surface area contributed by atoms with E-state index in [4.69, 9.17) is 5.26 Å². The fourth-order valence-corrected chi connectivity index (χ4v) is 2.22. The molecule has 1 aromatic heterocycles. The molecule has 1 unspecified atom stereocenters. The number of thiazole rings is 1. The third-order valence-electron chi connectivity index (χ3n) is 2.18. The molecule has 1 saturated carbocycles. The molecule has 3 nitrogen and oxygen atoms in total. The highest BCUT2D eigenvalue weighted by molar-refractivity contribution is 7.09. The second kappa shape index (κ2) is 3.44. The van der Waals surface area contributed by atoms with Crippen molar-refractivity contribution in [2.75, 3.05) is 0 Å². The molecule has 4 heteroatoms. The van der Waals surface area contributed by atoms with E-state index in [-0.39, 0.29) is 6.42 Å². The number of hydrogen-bond donors (Lipinski definition) is 1. The summed E-state index contributed by atoms with van der Waals surface area (Å²) in [5.74, 6) is 0.551. The Morgan fingerprint density at radius 2 is 2.54 bits per heavy atom. The van der Waals surface area contributed by atoms with Gasteiger partial charge in [0.05, 0.1) is 28.6 Å². The van der Waals surface area contributed by atoms with Gasteiger partial charge < -0.3 is 5.11 Å². The minimum Gasteiger partial charge on any atom is -0.386 e. The van der Waals surface area contributed by atoms with Crippen LogP contribution in [0.15, 0.2) is 5.51 Å². The van der Waals surface area contributed by atoms with Crippen LogP contribution in [0.1, 0.15) is 41.9 Å². The van der Waals surface area contributed by atoms with Crippen LogP contribution in [-0.4, -0.2) is 10.1 Å². The first-order valence-corrected chi connectivity index (χ1v) is 5.19. The second-order valence-electron chi connectivity index (χ2n) is 3.25. The largest absolute Gasteiger partial charge is 0.386 e. The van der Waals surface area contributed by atoms with Crippen molar-refractivity contribution in [3.8, 4) is 6.07 Å². The Hall–Kier alpha value is -0.920. The summed E-state index contributed by atoms with van der Waals surface area (Å²) in [6, 6.07) is 1.97. The minimum absolute atomic E-state index is 0.169. The summed E-state index contributed by atoms with van der Waals surface area (Å²) in [6.07, 6.45) is 1.89. The van der Waals surface area contributed by atoms with Crippen molar-refractivity contribution >= 4 is 11.3 Å². The molecule has 0 spiro atoms. The molecule has 1 aliphatic rings. The Labute approximate surface area is 80.7 Å². The Balaban J connectivity index is 2.19. The number of hydrogen-bond acceptors (Lipinski definition) is 4. The summed E-state index contributed by atoms with van der Waals surface area (Å²) in [7, 11) is 0. The molecule has 0 bridgehead atoms. The average Bonchev–Trinajstić information content (AvgIpc) is 2.84. The smallest absolute Gasteiger partial charge is 0.103 e. The first kappa shape index (κ1) is 8.67. The molecule has 0 radical (unpaired) electrons. The van der Waals surface area contributed by atoms with Gasteiger partial charge in [0.25, 0.3) is 0 Å². The van der Waals surface area contributed by atoms with E-state index in [2.05, 4.69) is 4.98 Å². The normalized spacial score (nSPS) is 18.2. The lowest BCUT2D eigenvalue weighted by Crippen LogP contribution is -1.97. The first-order valence-electron chi connectivity index (χ1n) is 4.31. The molecular weight excluding hydrogens is 184 g/mol. The van der Waals surface area contributed by atoms with Gasteiger partial charge in [-0.2, -0.15) is 5.26 Å². The van der Waals surface area contributed by atoms with Crippen LogP contribution in [0.5, 0.6) is 0 Å². The number of aliphatic hydroxyl groups is 1. The first-order chi connectivity index (χ1) is 6.33. The Morgan fingerprint density at radius 1 is 1.77 bits per heavy atom. The summed E-state index contributed by atoms with van der Waals surface area (Å²) in [6.45, 7) is 0. The maximum atomic E-state index is 9.61. The summed E-state index contributed by atoms with van der Waals surface area (Å²) in [5.41, 5.74) is 2.77. The highest BCUT2D eigenvalue weighted by Crippen LogP contribution is 2.43. The van der Waals surface area contributed by atoms with Gasteiger partial charge in [0.1, 0.15) is 6.10 Å². The molecule has 68 valence electrons. The van der Waals surface area contributed by atoms with E-state index in [1.807, 2.05) is 6.07 Å². The van der Waals surface area contributed by atoms with Crippen molar-refractivity contribution in [3.63, 3.8) is 0 Å². The number of nitrogens with zero attached hydrogens (tertiary/aromatic N) is 2. The molecule has 1 atom stereocenters. The lowest BCUT2D eigenvalue weighted by atomic mass is 10.1. The van der Waals surface area contributed by atoms with Crippen LogP contribution >= 0.6 is 11.3 Å². The Bertz CT molecular complexity index is 338. The predicted octanol–water partition coefficient (Wildman–Crippen LogP) is 1.97. The Kier molecular flexibility index (Phi) is 2.30. The van der Waals surface area contributed by atoms with Gasteiger partial charge in [-0.05, 0) is 12.8 Å². The van der Waals surface area contributed by atoms with Crippen molar-refractivity contribution in [1.82, 2.24) is 4.98 Å². The van der Waals surface area contributed by atoms with Crippen molar-refractivity contribution in [2.24, 2.45) is 0 Å². The second-order valence-corrected chi connectivity index (χ2v) is 4.14. The van der Waals surface area contributed by atoms with Gasteiger partial charge in [-0.15, -0.1) is 11.3 Å². The van der Waals surface area contributed by atoms with Crippen LogP contribution in [0.3, 0.4) is 0 Å². The van der Waals surface area contributed by atoms with Crippen molar-refractivity contribution in [1.29, 1.82) is 5.26 Å². The average molecular weight is 194 g/mol. The molecule has 0 aromatic carbocycles. The van der Waals surface area contributed by atoms with E-state index in [0.717, 1.165) is 10.6 Å². The summed E-state index contributed by atoms with van der Waals surface area (Å²) in [4.78, 5) is 5.12. The van der Waals surface area contributed by atoms with E-state index in [0.29, 0.717) is 5.92 Å². The van der Waals surface area contributed by atoms with Crippen molar-refractivity contribution in [3.05, 3.63) is 16.1 Å². The molecule has 2 rings (SSSR count).